The summed E-state index contributed by atoms with van der Waals surface area (Å²) < 4.78 is 0. The molecule has 3 N–H and O–H groups in total. The maximum Gasteiger partial charge on any atom is 0.243 e. The van der Waals surface area contributed by atoms with Gasteiger partial charge in [0, 0.05) is 36.0 Å². The second kappa shape index (κ2) is 7.51. The number of H-pyrrole nitrogens is 1. The number of rotatable bonds is 8. The van der Waals surface area contributed by atoms with Gasteiger partial charge in [0.05, 0.1) is 0 Å². The molecule has 128 valence electrons. The van der Waals surface area contributed by atoms with Crippen LogP contribution in [0.25, 0.3) is 10.9 Å². The lowest BCUT2D eigenvalue weighted by molar-refractivity contribution is -0.129. The standard InChI is InChI=1S/C19H25N3O2/c1-2-3-8-18(23)22-17(19(24)21-14-9-10-14)11-13-12-20-16-7-5-4-6-15(13)16/h4-7,12,14,17,20H,2-3,8-11H2,1H3,(H,21,24)(H,22,23)/t17-/m0/s1. The average molecular weight is 327 g/mol. The highest BCUT2D eigenvalue weighted by Crippen LogP contribution is 2.21. The molecule has 1 aromatic carbocycles. The highest BCUT2D eigenvalue weighted by Gasteiger charge is 2.28. The van der Waals surface area contributed by atoms with Gasteiger partial charge in [-0.1, -0.05) is 31.5 Å². The zero-order chi connectivity index (χ0) is 16.9. The molecule has 5 heteroatoms. The quantitative estimate of drug-likeness (QED) is 0.697. The van der Waals surface area contributed by atoms with E-state index in [0.717, 1.165) is 42.1 Å². The van der Waals surface area contributed by atoms with Crippen molar-refractivity contribution in [3.63, 3.8) is 0 Å². The second-order valence-corrected chi connectivity index (χ2v) is 6.57. The van der Waals surface area contributed by atoms with E-state index in [-0.39, 0.29) is 17.9 Å². The molecule has 1 aromatic heterocycles. The molecule has 1 fully saturated rings. The molecule has 0 saturated heterocycles. The van der Waals surface area contributed by atoms with E-state index < -0.39 is 6.04 Å². The first-order chi connectivity index (χ1) is 11.7. The number of hydrogen-bond donors (Lipinski definition) is 3. The van der Waals surface area contributed by atoms with Gasteiger partial charge >= 0.3 is 0 Å². The Morgan fingerprint density at radius 2 is 2.08 bits per heavy atom. The van der Waals surface area contributed by atoms with Gasteiger partial charge in [-0.05, 0) is 30.9 Å². The van der Waals surface area contributed by atoms with Crippen LogP contribution in [-0.2, 0) is 16.0 Å². The third-order valence-electron chi connectivity index (χ3n) is 4.43. The van der Waals surface area contributed by atoms with Gasteiger partial charge in [0.25, 0.3) is 0 Å². The number of carbonyl (C=O) groups excluding carboxylic acids is 2. The molecule has 0 unspecified atom stereocenters. The van der Waals surface area contributed by atoms with Gasteiger partial charge in [-0.2, -0.15) is 0 Å². The lowest BCUT2D eigenvalue weighted by Gasteiger charge is -2.18. The number of fused-ring (bicyclic) bond motifs is 1. The van der Waals surface area contributed by atoms with Crippen molar-refractivity contribution in [3.8, 4) is 0 Å². The first-order valence-electron chi connectivity index (χ1n) is 8.82. The maximum atomic E-state index is 12.5. The van der Waals surface area contributed by atoms with Crippen molar-refractivity contribution in [1.82, 2.24) is 15.6 Å². The van der Waals surface area contributed by atoms with Crippen molar-refractivity contribution < 1.29 is 9.59 Å². The zero-order valence-corrected chi connectivity index (χ0v) is 14.1. The summed E-state index contributed by atoms with van der Waals surface area (Å²) >= 11 is 0. The minimum Gasteiger partial charge on any atom is -0.361 e. The van der Waals surface area contributed by atoms with Gasteiger partial charge < -0.3 is 15.6 Å². The predicted octanol–water partition coefficient (Wildman–Crippen LogP) is 2.66. The Morgan fingerprint density at radius 1 is 1.29 bits per heavy atom. The van der Waals surface area contributed by atoms with E-state index in [2.05, 4.69) is 22.5 Å². The molecular weight excluding hydrogens is 302 g/mol. The highest BCUT2D eigenvalue weighted by molar-refractivity contribution is 5.89. The van der Waals surface area contributed by atoms with Gasteiger partial charge in [-0.15, -0.1) is 0 Å². The fraction of sp³-hybridized carbons (Fsp3) is 0.474. The molecule has 1 saturated carbocycles. The fourth-order valence-corrected chi connectivity index (χ4v) is 2.86. The van der Waals surface area contributed by atoms with Crippen LogP contribution in [0, 0.1) is 0 Å². The molecule has 2 aromatic rings. The van der Waals surface area contributed by atoms with Crippen molar-refractivity contribution >= 4 is 22.7 Å². The summed E-state index contributed by atoms with van der Waals surface area (Å²) in [6, 6.07) is 7.78. The average Bonchev–Trinajstić information content (AvgIpc) is 3.31. The molecule has 3 rings (SSSR count). The van der Waals surface area contributed by atoms with Crippen LogP contribution >= 0.6 is 0 Å². The Morgan fingerprint density at radius 3 is 2.83 bits per heavy atom. The van der Waals surface area contributed by atoms with Crippen molar-refractivity contribution in [1.29, 1.82) is 0 Å². The van der Waals surface area contributed by atoms with Crippen LogP contribution in [-0.4, -0.2) is 28.9 Å². The van der Waals surface area contributed by atoms with E-state index in [9.17, 15) is 9.59 Å². The summed E-state index contributed by atoms with van der Waals surface area (Å²) in [5.41, 5.74) is 2.10. The monoisotopic (exact) mass is 327 g/mol. The smallest absolute Gasteiger partial charge is 0.243 e. The number of benzene rings is 1. The molecule has 0 bridgehead atoms. The Bertz CT molecular complexity index is 718. The molecule has 1 aliphatic carbocycles. The maximum absolute atomic E-state index is 12.5. The van der Waals surface area contributed by atoms with E-state index in [1.165, 1.54) is 0 Å². The van der Waals surface area contributed by atoms with Gasteiger partial charge in [0.2, 0.25) is 11.8 Å². The van der Waals surface area contributed by atoms with Crippen LogP contribution in [0.15, 0.2) is 30.5 Å². The molecule has 0 radical (unpaired) electrons. The molecule has 5 nitrogen and oxygen atoms in total. The van der Waals surface area contributed by atoms with Gasteiger partial charge in [-0.25, -0.2) is 0 Å². The topological polar surface area (TPSA) is 74.0 Å². The summed E-state index contributed by atoms with van der Waals surface area (Å²) in [6.07, 6.45) is 6.79. The number of amides is 2. The number of unbranched alkanes of at least 4 members (excludes halogenated alkanes) is 1. The van der Waals surface area contributed by atoms with Gasteiger partial charge in [0.1, 0.15) is 6.04 Å². The first-order valence-corrected chi connectivity index (χ1v) is 8.82. The van der Waals surface area contributed by atoms with Crippen molar-refractivity contribution in [2.75, 3.05) is 0 Å². The Labute approximate surface area is 142 Å². The predicted molar refractivity (Wildman–Crippen MR) is 94.6 cm³/mol. The van der Waals surface area contributed by atoms with Crippen molar-refractivity contribution in [2.45, 2.75) is 57.5 Å². The van der Waals surface area contributed by atoms with Crippen molar-refractivity contribution in [2.24, 2.45) is 0 Å². The Hall–Kier alpha value is -2.30. The molecular formula is C19H25N3O2. The van der Waals surface area contributed by atoms with E-state index >= 15 is 0 Å². The molecule has 2 amide bonds. The number of hydrogen-bond acceptors (Lipinski definition) is 2. The molecule has 24 heavy (non-hydrogen) atoms. The van der Waals surface area contributed by atoms with E-state index in [1.807, 2.05) is 30.5 Å². The minimum atomic E-state index is -0.519. The van der Waals surface area contributed by atoms with E-state index in [1.54, 1.807) is 0 Å². The van der Waals surface area contributed by atoms with Crippen LogP contribution in [0.1, 0.15) is 44.6 Å². The summed E-state index contributed by atoms with van der Waals surface area (Å²) in [4.78, 5) is 27.9. The summed E-state index contributed by atoms with van der Waals surface area (Å²) in [7, 11) is 0. The highest BCUT2D eigenvalue weighted by atomic mass is 16.2. The molecule has 0 aliphatic heterocycles. The van der Waals surface area contributed by atoms with Crippen LogP contribution in [0.4, 0.5) is 0 Å². The number of nitrogens with one attached hydrogen (secondary N) is 3. The zero-order valence-electron chi connectivity index (χ0n) is 14.1. The number of para-hydroxylation sites is 1. The molecule has 1 aliphatic rings. The van der Waals surface area contributed by atoms with Gasteiger partial charge in [-0.3, -0.25) is 9.59 Å². The van der Waals surface area contributed by atoms with Crippen LogP contribution in [0.3, 0.4) is 0 Å². The van der Waals surface area contributed by atoms with E-state index in [0.29, 0.717) is 12.8 Å². The third-order valence-corrected chi connectivity index (χ3v) is 4.43. The molecule has 0 spiro atoms. The lowest BCUT2D eigenvalue weighted by atomic mass is 10.0. The Kier molecular flexibility index (Phi) is 5.18. The first kappa shape index (κ1) is 16.6. The van der Waals surface area contributed by atoms with Crippen LogP contribution in [0.2, 0.25) is 0 Å². The molecule has 1 heterocycles. The summed E-state index contributed by atoms with van der Waals surface area (Å²) in [5, 5.41) is 7.04. The third kappa shape index (κ3) is 4.16. The second-order valence-electron chi connectivity index (χ2n) is 6.57. The number of aromatic amines is 1. The van der Waals surface area contributed by atoms with Crippen LogP contribution < -0.4 is 10.6 Å². The normalized spacial score (nSPS) is 15.2. The minimum absolute atomic E-state index is 0.0485. The summed E-state index contributed by atoms with van der Waals surface area (Å²) in [5.74, 6) is -0.125. The van der Waals surface area contributed by atoms with Crippen LogP contribution in [0.5, 0.6) is 0 Å². The van der Waals surface area contributed by atoms with Gasteiger partial charge in [0.15, 0.2) is 0 Å². The van der Waals surface area contributed by atoms with E-state index in [4.69, 9.17) is 0 Å². The SMILES string of the molecule is CCCCC(=O)N[C@@H](Cc1c[nH]c2ccccc12)C(=O)NC1CC1. The van der Waals surface area contributed by atoms with Crippen molar-refractivity contribution in [3.05, 3.63) is 36.0 Å². The largest absolute Gasteiger partial charge is 0.361 e. The number of carbonyl (C=O) groups is 2. The Balaban J connectivity index is 1.72. The summed E-state index contributed by atoms with van der Waals surface area (Å²) in [6.45, 7) is 2.05. The number of aromatic nitrogens is 1. The lowest BCUT2D eigenvalue weighted by Crippen LogP contribution is -2.48. The molecule has 1 atom stereocenters. The fourth-order valence-electron chi connectivity index (χ4n) is 2.86.